The molecule has 2 heterocycles. The monoisotopic (exact) mass is 351 g/mol. The Morgan fingerprint density at radius 3 is 3.00 bits per heavy atom. The predicted molar refractivity (Wildman–Crippen MR) is 90.3 cm³/mol. The van der Waals surface area contributed by atoms with Crippen molar-refractivity contribution in [2.45, 2.75) is 32.2 Å². The molecule has 1 N–H and O–H groups in total. The number of aromatic nitrogens is 1. The molecule has 0 saturated carbocycles. The fourth-order valence-electron chi connectivity index (χ4n) is 2.93. The zero-order valence-electron chi connectivity index (χ0n) is 13.4. The zero-order valence-corrected chi connectivity index (χ0v) is 14.2. The zero-order chi connectivity index (χ0) is 17.1. The summed E-state index contributed by atoms with van der Waals surface area (Å²) in [6.45, 7) is 3.12. The lowest BCUT2D eigenvalue weighted by Crippen LogP contribution is -2.37. The third kappa shape index (κ3) is 3.90. The van der Waals surface area contributed by atoms with Crippen LogP contribution in [-0.4, -0.2) is 30.0 Å². The Labute approximate surface area is 143 Å². The van der Waals surface area contributed by atoms with Crippen molar-refractivity contribution in [1.82, 2.24) is 10.3 Å². The lowest BCUT2D eigenvalue weighted by Gasteiger charge is -2.19. The lowest BCUT2D eigenvalue weighted by atomic mass is 10.2. The van der Waals surface area contributed by atoms with Gasteiger partial charge in [0.1, 0.15) is 11.6 Å². The number of nitrogens with zero attached hydrogens (tertiary/aromatic N) is 2. The second-order valence-electron chi connectivity index (χ2n) is 5.96. The van der Waals surface area contributed by atoms with E-state index < -0.39 is 11.6 Å². The van der Waals surface area contributed by atoms with Crippen LogP contribution in [0.2, 0.25) is 0 Å². The molecule has 1 atom stereocenters. The molecular formula is C17H19F2N3OS. The lowest BCUT2D eigenvalue weighted by molar-refractivity contribution is -0.121. The van der Waals surface area contributed by atoms with Crippen LogP contribution in [0.1, 0.15) is 23.4 Å². The van der Waals surface area contributed by atoms with Gasteiger partial charge in [-0.3, -0.25) is 4.79 Å². The topological polar surface area (TPSA) is 45.2 Å². The van der Waals surface area contributed by atoms with E-state index >= 15 is 0 Å². The summed E-state index contributed by atoms with van der Waals surface area (Å²) in [5.74, 6) is -1.16. The Balaban J connectivity index is 1.50. The first-order valence-electron chi connectivity index (χ1n) is 7.91. The van der Waals surface area contributed by atoms with Gasteiger partial charge in [-0.15, -0.1) is 11.3 Å². The van der Waals surface area contributed by atoms with Crippen molar-refractivity contribution in [2.75, 3.05) is 18.0 Å². The molecule has 0 radical (unpaired) electrons. The minimum Gasteiger partial charge on any atom is -0.367 e. The molecule has 1 fully saturated rings. The minimum absolute atomic E-state index is 0.00534. The standard InChI is InChI=1S/C17H19F2N3OS/c1-11-16(24-10-20-11)4-5-17(23)21-13-6-7-22(9-13)15-3-2-12(18)8-14(15)19/h2-3,8,10,13H,4-7,9H2,1H3,(H,21,23). The van der Waals surface area contributed by atoms with E-state index in [1.165, 1.54) is 12.1 Å². The second kappa shape index (κ2) is 7.25. The number of hydrogen-bond donors (Lipinski definition) is 1. The number of thiazole rings is 1. The molecule has 1 unspecified atom stereocenters. The van der Waals surface area contributed by atoms with Gasteiger partial charge in [0.2, 0.25) is 5.91 Å². The maximum absolute atomic E-state index is 13.8. The van der Waals surface area contributed by atoms with Crippen molar-refractivity contribution in [3.05, 3.63) is 45.9 Å². The number of benzene rings is 1. The number of anilines is 1. The van der Waals surface area contributed by atoms with E-state index in [0.717, 1.165) is 23.1 Å². The molecule has 1 aliphatic heterocycles. The highest BCUT2D eigenvalue weighted by molar-refractivity contribution is 7.09. The number of rotatable bonds is 5. The number of carbonyl (C=O) groups excluding carboxylic acids is 1. The first-order valence-corrected chi connectivity index (χ1v) is 8.79. The second-order valence-corrected chi connectivity index (χ2v) is 6.90. The van der Waals surface area contributed by atoms with Crippen molar-refractivity contribution < 1.29 is 13.6 Å². The fourth-order valence-corrected chi connectivity index (χ4v) is 3.71. The van der Waals surface area contributed by atoms with E-state index in [4.69, 9.17) is 0 Å². The Morgan fingerprint density at radius 1 is 1.46 bits per heavy atom. The van der Waals surface area contributed by atoms with Crippen LogP contribution < -0.4 is 10.2 Å². The van der Waals surface area contributed by atoms with E-state index in [1.807, 2.05) is 11.8 Å². The third-order valence-corrected chi connectivity index (χ3v) is 5.22. The van der Waals surface area contributed by atoms with Crippen LogP contribution in [0.3, 0.4) is 0 Å². The molecule has 4 nitrogen and oxygen atoms in total. The summed E-state index contributed by atoms with van der Waals surface area (Å²) in [6.07, 6.45) is 1.86. The number of aryl methyl sites for hydroxylation is 2. The molecule has 0 bridgehead atoms. The van der Waals surface area contributed by atoms with Crippen molar-refractivity contribution in [3.8, 4) is 0 Å². The van der Waals surface area contributed by atoms with Gasteiger partial charge in [0.15, 0.2) is 0 Å². The number of nitrogens with one attached hydrogen (secondary N) is 1. The summed E-state index contributed by atoms with van der Waals surface area (Å²) in [7, 11) is 0. The largest absolute Gasteiger partial charge is 0.367 e. The van der Waals surface area contributed by atoms with Crippen molar-refractivity contribution in [2.24, 2.45) is 0 Å². The maximum Gasteiger partial charge on any atom is 0.220 e. The molecule has 2 aromatic rings. The average Bonchev–Trinajstić information content (AvgIpc) is 3.14. The number of halogens is 2. The molecule has 1 amide bonds. The molecule has 1 aromatic heterocycles. The minimum atomic E-state index is -0.585. The van der Waals surface area contributed by atoms with Gasteiger partial charge in [0.05, 0.1) is 16.9 Å². The van der Waals surface area contributed by atoms with E-state index in [9.17, 15) is 13.6 Å². The quantitative estimate of drug-likeness (QED) is 0.901. The van der Waals surface area contributed by atoms with Crippen LogP contribution in [0.5, 0.6) is 0 Å². The van der Waals surface area contributed by atoms with Crippen LogP contribution in [0.15, 0.2) is 23.7 Å². The van der Waals surface area contributed by atoms with Gasteiger partial charge < -0.3 is 10.2 Å². The van der Waals surface area contributed by atoms with Crippen molar-refractivity contribution in [3.63, 3.8) is 0 Å². The SMILES string of the molecule is Cc1ncsc1CCC(=O)NC1CCN(c2ccc(F)cc2F)C1. The van der Waals surface area contributed by atoms with E-state index in [-0.39, 0.29) is 11.9 Å². The molecule has 1 aliphatic rings. The smallest absolute Gasteiger partial charge is 0.220 e. The molecule has 3 rings (SSSR count). The first-order chi connectivity index (χ1) is 11.5. The van der Waals surface area contributed by atoms with Gasteiger partial charge in [0.25, 0.3) is 0 Å². The molecule has 1 saturated heterocycles. The summed E-state index contributed by atoms with van der Waals surface area (Å²) >= 11 is 1.56. The van der Waals surface area contributed by atoms with Crippen molar-refractivity contribution >= 4 is 22.9 Å². The van der Waals surface area contributed by atoms with E-state index in [2.05, 4.69) is 10.3 Å². The first kappa shape index (κ1) is 16.8. The van der Waals surface area contributed by atoms with Gasteiger partial charge in [0, 0.05) is 36.5 Å². The van der Waals surface area contributed by atoms with Crippen LogP contribution in [0.25, 0.3) is 0 Å². The molecule has 0 aliphatic carbocycles. The third-order valence-electron chi connectivity index (χ3n) is 4.23. The van der Waals surface area contributed by atoms with Gasteiger partial charge in [-0.1, -0.05) is 0 Å². The highest BCUT2D eigenvalue weighted by atomic mass is 32.1. The molecule has 1 aromatic carbocycles. The number of hydrogen-bond acceptors (Lipinski definition) is 4. The van der Waals surface area contributed by atoms with Gasteiger partial charge in [-0.25, -0.2) is 13.8 Å². The molecule has 7 heteroatoms. The van der Waals surface area contributed by atoms with Gasteiger partial charge >= 0.3 is 0 Å². The maximum atomic E-state index is 13.8. The van der Waals surface area contributed by atoms with E-state index in [0.29, 0.717) is 31.6 Å². The highest BCUT2D eigenvalue weighted by Crippen LogP contribution is 2.24. The summed E-state index contributed by atoms with van der Waals surface area (Å²) in [5, 5.41) is 3.00. The molecular weight excluding hydrogens is 332 g/mol. The Bertz CT molecular complexity index is 734. The Kier molecular flexibility index (Phi) is 5.08. The number of carbonyl (C=O) groups is 1. The predicted octanol–water partition coefficient (Wildman–Crippen LogP) is 3.06. The molecule has 128 valence electrons. The number of amides is 1. The van der Waals surface area contributed by atoms with Crippen molar-refractivity contribution in [1.29, 1.82) is 0 Å². The fraction of sp³-hybridized carbons (Fsp3) is 0.412. The summed E-state index contributed by atoms with van der Waals surface area (Å²) in [4.78, 5) is 19.2. The van der Waals surface area contributed by atoms with Crippen LogP contribution in [0, 0.1) is 18.6 Å². The van der Waals surface area contributed by atoms with Gasteiger partial charge in [-0.05, 0) is 31.9 Å². The normalized spacial score (nSPS) is 17.3. The van der Waals surface area contributed by atoms with Crippen LogP contribution >= 0.6 is 11.3 Å². The Morgan fingerprint density at radius 2 is 2.29 bits per heavy atom. The van der Waals surface area contributed by atoms with Crippen LogP contribution in [0.4, 0.5) is 14.5 Å². The molecule has 24 heavy (non-hydrogen) atoms. The highest BCUT2D eigenvalue weighted by Gasteiger charge is 2.25. The van der Waals surface area contributed by atoms with Gasteiger partial charge in [-0.2, -0.15) is 0 Å². The summed E-state index contributed by atoms with van der Waals surface area (Å²) in [5.41, 5.74) is 3.15. The van der Waals surface area contributed by atoms with Crippen LogP contribution in [-0.2, 0) is 11.2 Å². The summed E-state index contributed by atoms with van der Waals surface area (Å²) in [6, 6.07) is 3.58. The summed E-state index contributed by atoms with van der Waals surface area (Å²) < 4.78 is 26.8. The Hall–Kier alpha value is -2.02. The van der Waals surface area contributed by atoms with E-state index in [1.54, 1.807) is 16.8 Å². The molecule has 0 spiro atoms. The average molecular weight is 351 g/mol.